The van der Waals surface area contributed by atoms with Crippen molar-refractivity contribution in [1.82, 2.24) is 9.55 Å². The van der Waals surface area contributed by atoms with E-state index in [9.17, 15) is 0 Å². The standard InChI is InChI=1S/C21H26N4.2ClH/c1-2-7-19(8-3-1)17-24-15-13-23(14-16-24)11-6-12-25-18-22-20-9-4-5-10-21(20)25;;/h1-5,7-10,18H,6,11-17H2;2*1H. The molecule has 1 aliphatic rings. The number of nitrogens with one attached hydrogen (secondary N) is 2. The number of piperazine rings is 1. The summed E-state index contributed by atoms with van der Waals surface area (Å²) < 4.78 is 2.30. The number of halogens is 2. The molecule has 0 unspecified atom stereocenters. The number of nitrogens with zero attached hydrogens (tertiary/aromatic N) is 2. The Morgan fingerprint density at radius 1 is 0.815 bits per heavy atom. The van der Waals surface area contributed by atoms with Crippen LogP contribution in [0.1, 0.15) is 12.0 Å². The molecule has 0 radical (unpaired) electrons. The van der Waals surface area contributed by atoms with Gasteiger partial charge in [0.1, 0.15) is 32.7 Å². The van der Waals surface area contributed by atoms with Gasteiger partial charge in [-0.2, -0.15) is 0 Å². The number of hydrogen-bond donors (Lipinski definition) is 2. The van der Waals surface area contributed by atoms with Gasteiger partial charge in [0.25, 0.3) is 0 Å². The van der Waals surface area contributed by atoms with Crippen molar-refractivity contribution in [2.24, 2.45) is 0 Å². The third-order valence-corrected chi connectivity index (χ3v) is 5.42. The van der Waals surface area contributed by atoms with Crippen molar-refractivity contribution < 1.29 is 34.6 Å². The lowest BCUT2D eigenvalue weighted by Crippen LogP contribution is -3.27. The number of fused-ring (bicyclic) bond motifs is 1. The highest BCUT2D eigenvalue weighted by Crippen LogP contribution is 2.11. The van der Waals surface area contributed by atoms with Crippen molar-refractivity contribution in [3.63, 3.8) is 0 Å². The smallest absolute Gasteiger partial charge is 0.127 e. The second kappa shape index (κ2) is 10.7. The molecule has 1 saturated heterocycles. The number of rotatable bonds is 6. The molecule has 2 aromatic carbocycles. The maximum Gasteiger partial charge on any atom is 0.127 e. The fourth-order valence-corrected chi connectivity index (χ4v) is 3.96. The summed E-state index contributed by atoms with van der Waals surface area (Å²) in [6.07, 6.45) is 3.21. The topological polar surface area (TPSA) is 26.7 Å². The van der Waals surface area contributed by atoms with Crippen LogP contribution in [0, 0.1) is 0 Å². The van der Waals surface area contributed by atoms with Crippen molar-refractivity contribution in [3.8, 4) is 0 Å². The highest BCUT2D eigenvalue weighted by molar-refractivity contribution is 5.74. The number of benzene rings is 2. The van der Waals surface area contributed by atoms with Crippen LogP contribution < -0.4 is 34.6 Å². The predicted molar refractivity (Wildman–Crippen MR) is 101 cm³/mol. The minimum absolute atomic E-state index is 0. The molecule has 0 bridgehead atoms. The number of quaternary nitrogens is 2. The van der Waals surface area contributed by atoms with Gasteiger partial charge in [0.2, 0.25) is 0 Å². The zero-order valence-corrected chi connectivity index (χ0v) is 17.1. The fraction of sp³-hybridized carbons (Fsp3) is 0.381. The molecule has 0 atom stereocenters. The van der Waals surface area contributed by atoms with Crippen molar-refractivity contribution in [1.29, 1.82) is 0 Å². The average molecular weight is 407 g/mol. The quantitative estimate of drug-likeness (QED) is 0.419. The number of para-hydroxylation sites is 2. The van der Waals surface area contributed by atoms with Crippen LogP contribution in [-0.4, -0.2) is 42.3 Å². The maximum atomic E-state index is 4.49. The van der Waals surface area contributed by atoms with Crippen LogP contribution in [0.4, 0.5) is 0 Å². The summed E-state index contributed by atoms with van der Waals surface area (Å²) in [5.41, 5.74) is 3.83. The molecule has 1 aromatic heterocycles. The van der Waals surface area contributed by atoms with Crippen molar-refractivity contribution in [2.75, 3.05) is 32.7 Å². The maximum absolute atomic E-state index is 4.49. The fourth-order valence-electron chi connectivity index (χ4n) is 3.96. The Bertz CT molecular complexity index is 798. The Morgan fingerprint density at radius 3 is 2.26 bits per heavy atom. The number of hydrogen-bond acceptors (Lipinski definition) is 1. The van der Waals surface area contributed by atoms with E-state index < -0.39 is 0 Å². The summed E-state index contributed by atoms with van der Waals surface area (Å²) in [5.74, 6) is 0. The summed E-state index contributed by atoms with van der Waals surface area (Å²) in [4.78, 5) is 7.98. The highest BCUT2D eigenvalue weighted by Gasteiger charge is 2.22. The van der Waals surface area contributed by atoms with Crippen LogP contribution in [0.15, 0.2) is 60.9 Å². The minimum atomic E-state index is 0. The summed E-state index contributed by atoms with van der Waals surface area (Å²) in [7, 11) is 0. The molecule has 1 aliphatic heterocycles. The lowest BCUT2D eigenvalue weighted by Gasteiger charge is -2.29. The summed E-state index contributed by atoms with van der Waals surface area (Å²) in [6.45, 7) is 8.70. The molecule has 146 valence electrons. The van der Waals surface area contributed by atoms with Gasteiger partial charge in [0.15, 0.2) is 0 Å². The van der Waals surface area contributed by atoms with E-state index in [4.69, 9.17) is 0 Å². The molecule has 4 rings (SSSR count). The number of aromatic nitrogens is 2. The SMILES string of the molecule is [Cl-].[Cl-].c1ccc(C[NH+]2CC[NH+](CCCn3cnc4ccccc43)CC2)cc1. The van der Waals surface area contributed by atoms with Crippen molar-refractivity contribution in [2.45, 2.75) is 19.5 Å². The van der Waals surface area contributed by atoms with Gasteiger partial charge in [-0.25, -0.2) is 4.98 Å². The molecule has 3 aromatic rings. The van der Waals surface area contributed by atoms with Gasteiger partial charge >= 0.3 is 0 Å². The second-order valence-electron chi connectivity index (χ2n) is 7.19. The zero-order valence-electron chi connectivity index (χ0n) is 15.6. The molecule has 0 aliphatic carbocycles. The van der Waals surface area contributed by atoms with E-state index in [1.54, 1.807) is 9.80 Å². The van der Waals surface area contributed by atoms with E-state index in [-0.39, 0.29) is 24.8 Å². The normalized spacial score (nSPS) is 19.3. The van der Waals surface area contributed by atoms with Gasteiger partial charge in [-0.3, -0.25) is 0 Å². The van der Waals surface area contributed by atoms with E-state index in [2.05, 4.69) is 64.1 Å². The van der Waals surface area contributed by atoms with E-state index in [0.717, 1.165) is 12.1 Å². The van der Waals surface area contributed by atoms with E-state index in [0.29, 0.717) is 0 Å². The zero-order chi connectivity index (χ0) is 16.9. The molecule has 0 spiro atoms. The Hall–Kier alpha value is -1.59. The first kappa shape index (κ1) is 21.7. The highest BCUT2D eigenvalue weighted by atomic mass is 35.5. The lowest BCUT2D eigenvalue weighted by molar-refractivity contribution is -1.02. The molecular formula is C21H28Cl2N4. The Labute approximate surface area is 174 Å². The van der Waals surface area contributed by atoms with Gasteiger partial charge in [0.05, 0.1) is 23.9 Å². The third-order valence-electron chi connectivity index (χ3n) is 5.42. The van der Waals surface area contributed by atoms with Crippen LogP contribution in [0.3, 0.4) is 0 Å². The van der Waals surface area contributed by atoms with Crippen molar-refractivity contribution in [3.05, 3.63) is 66.5 Å². The van der Waals surface area contributed by atoms with Gasteiger partial charge in [0, 0.05) is 18.5 Å². The van der Waals surface area contributed by atoms with Crippen LogP contribution in [0.2, 0.25) is 0 Å². The number of aryl methyl sites for hydroxylation is 1. The molecular weight excluding hydrogens is 379 g/mol. The molecule has 4 nitrogen and oxygen atoms in total. The third kappa shape index (κ3) is 5.69. The largest absolute Gasteiger partial charge is 1.00 e. The van der Waals surface area contributed by atoms with Crippen LogP contribution in [0.5, 0.6) is 0 Å². The van der Waals surface area contributed by atoms with Gasteiger partial charge < -0.3 is 39.2 Å². The first-order valence-electron chi connectivity index (χ1n) is 9.49. The first-order valence-corrected chi connectivity index (χ1v) is 9.49. The van der Waals surface area contributed by atoms with Crippen molar-refractivity contribution >= 4 is 11.0 Å². The Morgan fingerprint density at radius 2 is 1.48 bits per heavy atom. The Kier molecular flexibility index (Phi) is 8.58. The second-order valence-corrected chi connectivity index (χ2v) is 7.19. The average Bonchev–Trinajstić information content (AvgIpc) is 3.07. The van der Waals surface area contributed by atoms with Crippen LogP contribution in [-0.2, 0) is 13.1 Å². The Balaban J connectivity index is 0.00000131. The molecule has 0 amide bonds. The summed E-state index contributed by atoms with van der Waals surface area (Å²) >= 11 is 0. The first-order chi connectivity index (χ1) is 12.4. The van der Waals surface area contributed by atoms with E-state index in [1.807, 2.05) is 6.33 Å². The van der Waals surface area contributed by atoms with E-state index >= 15 is 0 Å². The minimum Gasteiger partial charge on any atom is -1.00 e. The predicted octanol–water partition coefficient (Wildman–Crippen LogP) is -5.58. The van der Waals surface area contributed by atoms with Gasteiger partial charge in [-0.1, -0.05) is 42.5 Å². The lowest BCUT2D eigenvalue weighted by atomic mass is 10.2. The molecule has 0 saturated carbocycles. The molecule has 2 N–H and O–H groups in total. The molecule has 2 heterocycles. The van der Waals surface area contributed by atoms with Crippen LogP contribution >= 0.6 is 0 Å². The molecule has 1 fully saturated rings. The van der Waals surface area contributed by atoms with Gasteiger partial charge in [-0.05, 0) is 12.1 Å². The van der Waals surface area contributed by atoms with Crippen LogP contribution in [0.25, 0.3) is 11.0 Å². The monoisotopic (exact) mass is 406 g/mol. The van der Waals surface area contributed by atoms with Gasteiger partial charge in [-0.15, -0.1) is 0 Å². The summed E-state index contributed by atoms with van der Waals surface area (Å²) in [5, 5.41) is 0. The molecule has 27 heavy (non-hydrogen) atoms. The van der Waals surface area contributed by atoms with E-state index in [1.165, 1.54) is 56.8 Å². The molecule has 6 heteroatoms. The summed E-state index contributed by atoms with van der Waals surface area (Å²) in [6, 6.07) is 19.3. The number of imidazole rings is 1.